The Morgan fingerprint density at radius 1 is 1.50 bits per heavy atom. The van der Waals surface area contributed by atoms with Crippen LogP contribution in [0.5, 0.6) is 0 Å². The van der Waals surface area contributed by atoms with E-state index >= 15 is 0 Å². The fraction of sp³-hybridized carbons (Fsp3) is 0. The maximum atomic E-state index is 8.58. The second kappa shape index (κ2) is 2.75. The van der Waals surface area contributed by atoms with Gasteiger partial charge in [-0.3, -0.25) is 0 Å². The van der Waals surface area contributed by atoms with Crippen molar-refractivity contribution in [2.45, 2.75) is 0 Å². The van der Waals surface area contributed by atoms with Crippen LogP contribution in [0.3, 0.4) is 0 Å². The molecule has 0 atom stereocenters. The molecule has 0 aliphatic carbocycles. The van der Waals surface area contributed by atoms with E-state index in [0.29, 0.717) is 5.69 Å². The van der Waals surface area contributed by atoms with Gasteiger partial charge in [-0.1, -0.05) is 0 Å². The standard InChI is InChI=1S/C8H4IN3/c9-8-3-7-6(12-8)2-1-5(4-10)11-7/h1-3,12H. The number of hydrogen-bond donors (Lipinski definition) is 1. The summed E-state index contributed by atoms with van der Waals surface area (Å²) in [6, 6.07) is 7.48. The maximum absolute atomic E-state index is 8.58. The molecule has 12 heavy (non-hydrogen) atoms. The molecule has 0 fully saturated rings. The van der Waals surface area contributed by atoms with Crippen LogP contribution in [0, 0.1) is 15.0 Å². The highest BCUT2D eigenvalue weighted by molar-refractivity contribution is 14.1. The van der Waals surface area contributed by atoms with Gasteiger partial charge in [0.2, 0.25) is 0 Å². The Kier molecular flexibility index (Phi) is 1.73. The Balaban J connectivity index is 2.77. The minimum absolute atomic E-state index is 0.456. The van der Waals surface area contributed by atoms with Gasteiger partial charge in [0.15, 0.2) is 0 Å². The van der Waals surface area contributed by atoms with E-state index in [1.54, 1.807) is 6.07 Å². The highest BCUT2D eigenvalue weighted by atomic mass is 127. The van der Waals surface area contributed by atoms with Gasteiger partial charge in [-0.2, -0.15) is 5.26 Å². The largest absolute Gasteiger partial charge is 0.349 e. The third-order valence-corrected chi connectivity index (χ3v) is 2.14. The van der Waals surface area contributed by atoms with Gasteiger partial charge in [-0.05, 0) is 40.8 Å². The molecular weight excluding hydrogens is 265 g/mol. The second-order valence-corrected chi connectivity index (χ2v) is 3.52. The maximum Gasteiger partial charge on any atom is 0.141 e. The molecule has 2 aromatic heterocycles. The summed E-state index contributed by atoms with van der Waals surface area (Å²) in [4.78, 5) is 7.24. The van der Waals surface area contributed by atoms with Gasteiger partial charge in [-0.15, -0.1) is 0 Å². The molecule has 2 heterocycles. The number of nitriles is 1. The predicted octanol–water partition coefficient (Wildman–Crippen LogP) is 2.04. The minimum atomic E-state index is 0.456. The van der Waals surface area contributed by atoms with Gasteiger partial charge in [0.25, 0.3) is 0 Å². The summed E-state index contributed by atoms with van der Waals surface area (Å²) in [5, 5.41) is 8.58. The van der Waals surface area contributed by atoms with Gasteiger partial charge in [0.1, 0.15) is 11.8 Å². The van der Waals surface area contributed by atoms with Crippen LogP contribution in [-0.4, -0.2) is 9.97 Å². The Labute approximate surface area is 82.6 Å². The summed E-state index contributed by atoms with van der Waals surface area (Å²) in [5.74, 6) is 0. The van der Waals surface area contributed by atoms with Gasteiger partial charge >= 0.3 is 0 Å². The lowest BCUT2D eigenvalue weighted by Crippen LogP contribution is -1.80. The van der Waals surface area contributed by atoms with Crippen LogP contribution in [-0.2, 0) is 0 Å². The van der Waals surface area contributed by atoms with Crippen LogP contribution in [0.2, 0.25) is 0 Å². The molecule has 58 valence electrons. The smallest absolute Gasteiger partial charge is 0.141 e. The van der Waals surface area contributed by atoms with Crippen LogP contribution >= 0.6 is 22.6 Å². The van der Waals surface area contributed by atoms with Crippen LogP contribution in [0.25, 0.3) is 11.0 Å². The highest BCUT2D eigenvalue weighted by Crippen LogP contribution is 2.14. The van der Waals surface area contributed by atoms with E-state index in [9.17, 15) is 0 Å². The van der Waals surface area contributed by atoms with Crippen molar-refractivity contribution in [1.82, 2.24) is 9.97 Å². The second-order valence-electron chi connectivity index (χ2n) is 2.36. The van der Waals surface area contributed by atoms with Crippen molar-refractivity contribution < 1.29 is 0 Å². The highest BCUT2D eigenvalue weighted by Gasteiger charge is 1.99. The minimum Gasteiger partial charge on any atom is -0.349 e. The fourth-order valence-electron chi connectivity index (χ4n) is 1.04. The van der Waals surface area contributed by atoms with E-state index in [-0.39, 0.29) is 0 Å². The van der Waals surface area contributed by atoms with Crippen molar-refractivity contribution in [3.05, 3.63) is 27.6 Å². The van der Waals surface area contributed by atoms with Crippen LogP contribution in [0.15, 0.2) is 18.2 Å². The van der Waals surface area contributed by atoms with Crippen molar-refractivity contribution in [2.24, 2.45) is 0 Å². The molecule has 2 aromatic rings. The topological polar surface area (TPSA) is 52.5 Å². The molecule has 0 unspecified atom stereocenters. The molecule has 0 saturated carbocycles. The summed E-state index contributed by atoms with van der Waals surface area (Å²) >= 11 is 2.18. The van der Waals surface area contributed by atoms with Gasteiger partial charge in [-0.25, -0.2) is 4.98 Å². The van der Waals surface area contributed by atoms with Crippen LogP contribution in [0.1, 0.15) is 5.69 Å². The first kappa shape index (κ1) is 7.55. The number of H-pyrrole nitrogens is 1. The normalized spacial score (nSPS) is 10.0. The average Bonchev–Trinajstić information content (AvgIpc) is 2.43. The quantitative estimate of drug-likeness (QED) is 0.744. The summed E-state index contributed by atoms with van der Waals surface area (Å²) in [7, 11) is 0. The molecule has 1 N–H and O–H groups in total. The fourth-order valence-corrected chi connectivity index (χ4v) is 1.62. The van der Waals surface area contributed by atoms with Crippen molar-refractivity contribution in [2.75, 3.05) is 0 Å². The zero-order valence-electron chi connectivity index (χ0n) is 6.00. The Hall–Kier alpha value is -1.09. The molecule has 0 amide bonds. The third-order valence-electron chi connectivity index (χ3n) is 1.56. The molecule has 2 rings (SSSR count). The van der Waals surface area contributed by atoms with E-state index < -0.39 is 0 Å². The molecule has 0 saturated heterocycles. The number of aromatic amines is 1. The summed E-state index contributed by atoms with van der Waals surface area (Å²) in [6.07, 6.45) is 0. The van der Waals surface area contributed by atoms with Gasteiger partial charge in [0.05, 0.1) is 14.7 Å². The first-order chi connectivity index (χ1) is 5.79. The number of nitrogens with zero attached hydrogens (tertiary/aromatic N) is 2. The molecular formula is C8H4IN3. The summed E-state index contributed by atoms with van der Waals surface area (Å²) in [6.45, 7) is 0. The van der Waals surface area contributed by atoms with Crippen LogP contribution in [0.4, 0.5) is 0 Å². The van der Waals surface area contributed by atoms with Gasteiger partial charge in [0, 0.05) is 0 Å². The Morgan fingerprint density at radius 3 is 3.08 bits per heavy atom. The number of fused-ring (bicyclic) bond motifs is 1. The van der Waals surface area contributed by atoms with Crippen molar-refractivity contribution in [1.29, 1.82) is 5.26 Å². The van der Waals surface area contributed by atoms with E-state index in [1.165, 1.54) is 0 Å². The van der Waals surface area contributed by atoms with Crippen LogP contribution < -0.4 is 0 Å². The predicted molar refractivity (Wildman–Crippen MR) is 53.5 cm³/mol. The Bertz CT molecular complexity index is 467. The molecule has 0 aliphatic rings. The average molecular weight is 269 g/mol. The summed E-state index contributed by atoms with van der Waals surface area (Å²) < 4.78 is 1.03. The Morgan fingerprint density at radius 2 is 2.33 bits per heavy atom. The zero-order chi connectivity index (χ0) is 8.55. The number of aromatic nitrogens is 2. The molecule has 0 aliphatic heterocycles. The van der Waals surface area contributed by atoms with E-state index in [1.807, 2.05) is 18.2 Å². The van der Waals surface area contributed by atoms with E-state index in [4.69, 9.17) is 5.26 Å². The molecule has 3 nitrogen and oxygen atoms in total. The molecule has 0 bridgehead atoms. The number of nitrogens with one attached hydrogen (secondary N) is 1. The van der Waals surface area contributed by atoms with E-state index in [0.717, 1.165) is 14.7 Å². The molecule has 0 radical (unpaired) electrons. The van der Waals surface area contributed by atoms with E-state index in [2.05, 4.69) is 32.6 Å². The lowest BCUT2D eigenvalue weighted by atomic mass is 10.3. The monoisotopic (exact) mass is 269 g/mol. The van der Waals surface area contributed by atoms with Crippen molar-refractivity contribution >= 4 is 33.6 Å². The number of halogens is 1. The number of rotatable bonds is 0. The third kappa shape index (κ3) is 1.16. The van der Waals surface area contributed by atoms with Crippen molar-refractivity contribution in [3.8, 4) is 6.07 Å². The molecule has 0 spiro atoms. The number of hydrogen-bond acceptors (Lipinski definition) is 2. The lowest BCUT2D eigenvalue weighted by Gasteiger charge is -1.87. The van der Waals surface area contributed by atoms with Gasteiger partial charge < -0.3 is 4.98 Å². The lowest BCUT2D eigenvalue weighted by molar-refractivity contribution is 1.32. The molecule has 0 aromatic carbocycles. The first-order valence-corrected chi connectivity index (χ1v) is 4.43. The zero-order valence-corrected chi connectivity index (χ0v) is 8.16. The number of pyridine rings is 1. The SMILES string of the molecule is N#Cc1ccc2[nH]c(I)cc2n1. The first-order valence-electron chi connectivity index (χ1n) is 3.35. The van der Waals surface area contributed by atoms with Crippen molar-refractivity contribution in [3.63, 3.8) is 0 Å². The molecule has 4 heteroatoms. The summed E-state index contributed by atoms with van der Waals surface area (Å²) in [5.41, 5.74) is 2.27.